The normalized spacial score (nSPS) is 14.3. The standard InChI is InChI=1S/C9H19N.C3H6N2.2C2H6.CH2O2.CH4/c1-8(2)5-6-9-4-3-7-10-9;4-2-1-3-5;2*1-2;2-1-3;/h8-10H,3-7H2,1-2H3;1-4H,5H2;2*1-2H3;1H,(H,2,3);1H4/b;3-1-,4-2?;;;;. The first-order chi connectivity index (χ1) is 10.6. The summed E-state index contributed by atoms with van der Waals surface area (Å²) in [5.41, 5.74) is 4.81. The summed E-state index contributed by atoms with van der Waals surface area (Å²) in [4.78, 5) is 8.36. The van der Waals surface area contributed by atoms with Gasteiger partial charge in [0, 0.05) is 12.3 Å². The Hall–Kier alpha value is -1.36. The van der Waals surface area contributed by atoms with Crippen molar-refractivity contribution in [3.05, 3.63) is 12.3 Å². The molecule has 1 aliphatic rings. The minimum atomic E-state index is -0.250. The third-order valence-electron chi connectivity index (χ3n) is 2.46. The molecule has 0 aromatic rings. The molecule has 1 saturated heterocycles. The molecule has 1 atom stereocenters. The number of nitrogens with two attached hydrogens (primary N) is 1. The van der Waals surface area contributed by atoms with Crippen LogP contribution in [-0.4, -0.2) is 30.4 Å². The van der Waals surface area contributed by atoms with Crippen molar-refractivity contribution in [2.45, 2.75) is 80.7 Å². The van der Waals surface area contributed by atoms with Gasteiger partial charge in [0.2, 0.25) is 0 Å². The molecule has 5 heteroatoms. The van der Waals surface area contributed by atoms with Crippen molar-refractivity contribution in [1.82, 2.24) is 5.32 Å². The van der Waals surface area contributed by atoms with Gasteiger partial charge in [-0.25, -0.2) is 0 Å². The molecule has 1 fully saturated rings. The van der Waals surface area contributed by atoms with E-state index in [1.807, 2.05) is 27.7 Å². The Morgan fingerprint density at radius 1 is 1.30 bits per heavy atom. The van der Waals surface area contributed by atoms with E-state index in [4.69, 9.17) is 21.0 Å². The quantitative estimate of drug-likeness (QED) is 0.443. The highest BCUT2D eigenvalue weighted by molar-refractivity contribution is 5.67. The van der Waals surface area contributed by atoms with Crippen LogP contribution >= 0.6 is 0 Å². The van der Waals surface area contributed by atoms with Gasteiger partial charge in [0.15, 0.2) is 0 Å². The van der Waals surface area contributed by atoms with Crippen LogP contribution in [0, 0.1) is 11.3 Å². The van der Waals surface area contributed by atoms with Crippen molar-refractivity contribution >= 4 is 12.7 Å². The molecular formula is C18H43N3O2. The van der Waals surface area contributed by atoms with E-state index in [1.54, 1.807) is 0 Å². The minimum Gasteiger partial charge on any atom is -0.483 e. The highest BCUT2D eigenvalue weighted by atomic mass is 16.3. The Kier molecular flexibility index (Phi) is 53.8. The topological polar surface area (TPSA) is 99.2 Å². The fraction of sp³-hybridized carbons (Fsp3) is 0.778. The summed E-state index contributed by atoms with van der Waals surface area (Å²) in [7, 11) is 0. The SMILES string of the molecule is C.CC.CC.CC(C)CCC1CCCN1.N=C/C=C\N.O=CO. The predicted molar refractivity (Wildman–Crippen MR) is 105 cm³/mol. The lowest BCUT2D eigenvalue weighted by Crippen LogP contribution is -2.21. The zero-order chi connectivity index (χ0) is 18.2. The van der Waals surface area contributed by atoms with Gasteiger partial charge in [-0.2, -0.15) is 0 Å². The lowest BCUT2D eigenvalue weighted by atomic mass is 10.0. The van der Waals surface area contributed by atoms with Crippen LogP contribution in [0.25, 0.3) is 0 Å². The Labute approximate surface area is 145 Å². The zero-order valence-corrected chi connectivity index (χ0v) is 15.4. The fourth-order valence-corrected chi connectivity index (χ4v) is 1.59. The second kappa shape index (κ2) is 37.1. The van der Waals surface area contributed by atoms with E-state index in [-0.39, 0.29) is 13.9 Å². The van der Waals surface area contributed by atoms with Crippen LogP contribution in [0.4, 0.5) is 0 Å². The molecule has 1 unspecified atom stereocenters. The summed E-state index contributed by atoms with van der Waals surface area (Å²) in [5, 5.41) is 16.7. The lowest BCUT2D eigenvalue weighted by molar-refractivity contribution is -0.122. The molecule has 0 radical (unpaired) electrons. The van der Waals surface area contributed by atoms with Gasteiger partial charge in [0.25, 0.3) is 6.47 Å². The van der Waals surface area contributed by atoms with Crippen LogP contribution < -0.4 is 11.1 Å². The van der Waals surface area contributed by atoms with Crippen LogP contribution in [0.5, 0.6) is 0 Å². The Balaban J connectivity index is -0.0000000712. The number of nitrogens with one attached hydrogen (secondary N) is 2. The van der Waals surface area contributed by atoms with E-state index in [0.717, 1.165) is 18.2 Å². The molecule has 0 aliphatic carbocycles. The first-order valence-electron chi connectivity index (χ1n) is 8.30. The van der Waals surface area contributed by atoms with Gasteiger partial charge >= 0.3 is 0 Å². The summed E-state index contributed by atoms with van der Waals surface area (Å²) >= 11 is 0. The summed E-state index contributed by atoms with van der Waals surface area (Å²) < 4.78 is 0. The van der Waals surface area contributed by atoms with Gasteiger partial charge in [-0.05, 0) is 50.4 Å². The van der Waals surface area contributed by atoms with Crippen LogP contribution in [-0.2, 0) is 4.79 Å². The zero-order valence-electron chi connectivity index (χ0n) is 15.4. The molecule has 0 amide bonds. The van der Waals surface area contributed by atoms with Gasteiger partial charge in [-0.1, -0.05) is 49.0 Å². The first-order valence-corrected chi connectivity index (χ1v) is 8.30. The van der Waals surface area contributed by atoms with Gasteiger partial charge in [0.1, 0.15) is 0 Å². The van der Waals surface area contributed by atoms with E-state index >= 15 is 0 Å². The summed E-state index contributed by atoms with van der Waals surface area (Å²) in [6.45, 7) is 13.6. The summed E-state index contributed by atoms with van der Waals surface area (Å²) in [6, 6.07) is 0.849. The maximum atomic E-state index is 8.36. The van der Waals surface area contributed by atoms with Crippen LogP contribution in [0.2, 0.25) is 0 Å². The number of carbonyl (C=O) groups is 1. The van der Waals surface area contributed by atoms with Crippen LogP contribution in [0.3, 0.4) is 0 Å². The van der Waals surface area contributed by atoms with Crippen LogP contribution in [0.1, 0.15) is 74.7 Å². The molecule has 0 spiro atoms. The van der Waals surface area contributed by atoms with E-state index in [9.17, 15) is 0 Å². The Bertz CT molecular complexity index is 214. The van der Waals surface area contributed by atoms with E-state index < -0.39 is 0 Å². The Morgan fingerprint density at radius 3 is 2.00 bits per heavy atom. The molecule has 23 heavy (non-hydrogen) atoms. The van der Waals surface area contributed by atoms with Gasteiger partial charge < -0.3 is 21.6 Å². The first kappa shape index (κ1) is 33.3. The number of hydrogen-bond donors (Lipinski definition) is 4. The summed E-state index contributed by atoms with van der Waals surface area (Å²) in [5.74, 6) is 0.877. The smallest absolute Gasteiger partial charge is 0.290 e. The largest absolute Gasteiger partial charge is 0.483 e. The van der Waals surface area contributed by atoms with Crippen molar-refractivity contribution in [2.24, 2.45) is 11.7 Å². The minimum absolute atomic E-state index is 0. The average molecular weight is 334 g/mol. The second-order valence-corrected chi connectivity index (χ2v) is 4.42. The molecule has 1 heterocycles. The molecule has 0 saturated carbocycles. The van der Waals surface area contributed by atoms with Crippen molar-refractivity contribution in [3.8, 4) is 0 Å². The molecule has 1 rings (SSSR count). The van der Waals surface area contributed by atoms with Crippen LogP contribution in [0.15, 0.2) is 12.3 Å². The maximum absolute atomic E-state index is 8.36. The number of rotatable bonds is 4. The second-order valence-electron chi connectivity index (χ2n) is 4.42. The molecule has 5 N–H and O–H groups in total. The molecule has 0 bridgehead atoms. The summed E-state index contributed by atoms with van der Waals surface area (Å²) in [6.07, 6.45) is 9.46. The van der Waals surface area contributed by atoms with Crippen molar-refractivity contribution in [1.29, 1.82) is 5.41 Å². The van der Waals surface area contributed by atoms with Gasteiger partial charge in [0.05, 0.1) is 0 Å². The van der Waals surface area contributed by atoms with Crippen molar-refractivity contribution in [3.63, 3.8) is 0 Å². The monoisotopic (exact) mass is 333 g/mol. The van der Waals surface area contributed by atoms with E-state index in [2.05, 4.69) is 19.2 Å². The van der Waals surface area contributed by atoms with Gasteiger partial charge in [-0.3, -0.25) is 4.79 Å². The highest BCUT2D eigenvalue weighted by Crippen LogP contribution is 2.13. The average Bonchev–Trinajstić information content (AvgIpc) is 3.05. The molecule has 142 valence electrons. The van der Waals surface area contributed by atoms with Crippen molar-refractivity contribution < 1.29 is 9.90 Å². The molecular weight excluding hydrogens is 290 g/mol. The fourth-order valence-electron chi connectivity index (χ4n) is 1.59. The lowest BCUT2D eigenvalue weighted by Gasteiger charge is -2.10. The molecule has 0 aromatic carbocycles. The molecule has 1 aliphatic heterocycles. The van der Waals surface area contributed by atoms with Crippen molar-refractivity contribution in [2.75, 3.05) is 6.54 Å². The highest BCUT2D eigenvalue weighted by Gasteiger charge is 2.13. The third-order valence-corrected chi connectivity index (χ3v) is 2.46. The van der Waals surface area contributed by atoms with E-state index in [0.29, 0.717) is 0 Å². The maximum Gasteiger partial charge on any atom is 0.290 e. The number of allylic oxidation sites excluding steroid dienone is 1. The van der Waals surface area contributed by atoms with Gasteiger partial charge in [-0.15, -0.1) is 0 Å². The molecule has 5 nitrogen and oxygen atoms in total. The third kappa shape index (κ3) is 44.9. The number of carboxylic acid groups (broad SMARTS) is 1. The Morgan fingerprint density at radius 2 is 1.78 bits per heavy atom. The molecule has 0 aromatic heterocycles. The number of hydrogen-bond acceptors (Lipinski definition) is 4. The van der Waals surface area contributed by atoms with E-state index in [1.165, 1.54) is 44.5 Å². The predicted octanol–water partition coefficient (Wildman–Crippen LogP) is 4.67.